The monoisotopic (exact) mass is 221 g/mol. The van der Waals surface area contributed by atoms with Gasteiger partial charge in [0.25, 0.3) is 0 Å². The summed E-state index contributed by atoms with van der Waals surface area (Å²) in [6, 6.07) is 4.82. The van der Waals surface area contributed by atoms with Gasteiger partial charge in [-0.25, -0.2) is 0 Å². The number of rotatable bonds is 5. The predicted octanol–water partition coefficient (Wildman–Crippen LogP) is 3.37. The molecule has 0 fully saturated rings. The van der Waals surface area contributed by atoms with Gasteiger partial charge in [-0.1, -0.05) is 19.1 Å². The van der Waals surface area contributed by atoms with Gasteiger partial charge in [0.05, 0.1) is 7.11 Å². The van der Waals surface area contributed by atoms with Crippen LogP contribution in [0.2, 0.25) is 0 Å². The SMILES string of the molecule is CCCNC(C)c1cc(C)c(OC)c(C)c1. The van der Waals surface area contributed by atoms with Crippen LogP contribution in [0.15, 0.2) is 12.1 Å². The summed E-state index contributed by atoms with van der Waals surface area (Å²) >= 11 is 0. The van der Waals surface area contributed by atoms with Crippen LogP contribution in [0.5, 0.6) is 5.75 Å². The van der Waals surface area contributed by atoms with E-state index in [0.29, 0.717) is 6.04 Å². The summed E-state index contributed by atoms with van der Waals surface area (Å²) in [5.74, 6) is 1.01. The standard InChI is InChI=1S/C14H23NO/c1-6-7-15-12(4)13-8-10(2)14(16-5)11(3)9-13/h8-9,12,15H,6-7H2,1-5H3. The number of hydrogen-bond donors (Lipinski definition) is 1. The van der Waals surface area contributed by atoms with Crippen molar-refractivity contribution in [1.29, 1.82) is 0 Å². The molecule has 2 heteroatoms. The molecule has 1 rings (SSSR count). The first-order chi connectivity index (χ1) is 7.60. The minimum atomic E-state index is 0.406. The Balaban J connectivity index is 2.90. The van der Waals surface area contributed by atoms with Gasteiger partial charge in [0.15, 0.2) is 0 Å². The van der Waals surface area contributed by atoms with Crippen molar-refractivity contribution in [3.05, 3.63) is 28.8 Å². The minimum Gasteiger partial charge on any atom is -0.496 e. The first-order valence-electron chi connectivity index (χ1n) is 5.98. The Hall–Kier alpha value is -1.02. The molecule has 2 nitrogen and oxygen atoms in total. The van der Waals surface area contributed by atoms with Crippen LogP contribution in [0.1, 0.15) is 43.0 Å². The Bertz CT molecular complexity index is 324. The maximum absolute atomic E-state index is 5.37. The molecular weight excluding hydrogens is 198 g/mol. The molecule has 0 radical (unpaired) electrons. The predicted molar refractivity (Wildman–Crippen MR) is 69.2 cm³/mol. The molecule has 0 bridgehead atoms. The van der Waals surface area contributed by atoms with E-state index in [0.717, 1.165) is 12.3 Å². The van der Waals surface area contributed by atoms with Crippen molar-refractivity contribution in [3.8, 4) is 5.75 Å². The van der Waals surface area contributed by atoms with Crippen molar-refractivity contribution in [2.75, 3.05) is 13.7 Å². The first-order valence-corrected chi connectivity index (χ1v) is 5.98. The van der Waals surface area contributed by atoms with Crippen LogP contribution in [0.4, 0.5) is 0 Å². The molecule has 0 spiro atoms. The summed E-state index contributed by atoms with van der Waals surface area (Å²) < 4.78 is 5.37. The van der Waals surface area contributed by atoms with Crippen LogP contribution in [0.25, 0.3) is 0 Å². The van der Waals surface area contributed by atoms with E-state index in [1.165, 1.54) is 23.1 Å². The molecule has 0 aromatic heterocycles. The third kappa shape index (κ3) is 2.99. The van der Waals surface area contributed by atoms with Gasteiger partial charge < -0.3 is 10.1 Å². The third-order valence-corrected chi connectivity index (χ3v) is 2.89. The van der Waals surface area contributed by atoms with Crippen LogP contribution in [-0.4, -0.2) is 13.7 Å². The lowest BCUT2D eigenvalue weighted by Crippen LogP contribution is -2.19. The fourth-order valence-electron chi connectivity index (χ4n) is 2.03. The van der Waals surface area contributed by atoms with Gasteiger partial charge in [-0.3, -0.25) is 0 Å². The van der Waals surface area contributed by atoms with Gasteiger partial charge >= 0.3 is 0 Å². The average Bonchev–Trinajstić information content (AvgIpc) is 2.25. The van der Waals surface area contributed by atoms with Gasteiger partial charge in [0, 0.05) is 6.04 Å². The van der Waals surface area contributed by atoms with Crippen LogP contribution in [0, 0.1) is 13.8 Å². The molecule has 1 N–H and O–H groups in total. The zero-order chi connectivity index (χ0) is 12.1. The second kappa shape index (κ2) is 5.90. The van der Waals surface area contributed by atoms with E-state index in [2.05, 4.69) is 45.1 Å². The van der Waals surface area contributed by atoms with Crippen molar-refractivity contribution in [3.63, 3.8) is 0 Å². The topological polar surface area (TPSA) is 21.3 Å². The fraction of sp³-hybridized carbons (Fsp3) is 0.571. The third-order valence-electron chi connectivity index (χ3n) is 2.89. The van der Waals surface area contributed by atoms with Crippen molar-refractivity contribution in [2.45, 2.75) is 40.2 Å². The quantitative estimate of drug-likeness (QED) is 0.823. The molecule has 0 heterocycles. The van der Waals surface area contributed by atoms with Crippen molar-refractivity contribution >= 4 is 0 Å². The molecule has 0 saturated carbocycles. The minimum absolute atomic E-state index is 0.406. The smallest absolute Gasteiger partial charge is 0.124 e. The van der Waals surface area contributed by atoms with E-state index in [9.17, 15) is 0 Å². The number of hydrogen-bond acceptors (Lipinski definition) is 2. The highest BCUT2D eigenvalue weighted by atomic mass is 16.5. The fourth-order valence-corrected chi connectivity index (χ4v) is 2.03. The Morgan fingerprint density at radius 1 is 1.25 bits per heavy atom. The van der Waals surface area contributed by atoms with Crippen molar-refractivity contribution in [1.82, 2.24) is 5.32 Å². The summed E-state index contributed by atoms with van der Waals surface area (Å²) in [7, 11) is 1.73. The summed E-state index contributed by atoms with van der Waals surface area (Å²) in [4.78, 5) is 0. The normalized spacial score (nSPS) is 12.6. The first kappa shape index (κ1) is 13.0. The summed E-state index contributed by atoms with van der Waals surface area (Å²) in [6.45, 7) is 9.65. The van der Waals surface area contributed by atoms with Crippen molar-refractivity contribution in [2.24, 2.45) is 0 Å². The average molecular weight is 221 g/mol. The molecule has 0 amide bonds. The number of methoxy groups -OCH3 is 1. The molecule has 0 saturated heterocycles. The lowest BCUT2D eigenvalue weighted by atomic mass is 10.0. The van der Waals surface area contributed by atoms with E-state index >= 15 is 0 Å². The highest BCUT2D eigenvalue weighted by molar-refractivity contribution is 5.44. The Morgan fingerprint density at radius 2 is 1.81 bits per heavy atom. The maximum atomic E-state index is 5.37. The lowest BCUT2D eigenvalue weighted by molar-refractivity contribution is 0.408. The number of nitrogens with one attached hydrogen (secondary N) is 1. The van der Waals surface area contributed by atoms with E-state index in [-0.39, 0.29) is 0 Å². The van der Waals surface area contributed by atoms with Gasteiger partial charge in [-0.2, -0.15) is 0 Å². The van der Waals surface area contributed by atoms with Gasteiger partial charge in [0.2, 0.25) is 0 Å². The highest BCUT2D eigenvalue weighted by Gasteiger charge is 2.09. The van der Waals surface area contributed by atoms with E-state index in [1.807, 2.05) is 0 Å². The number of aryl methyl sites for hydroxylation is 2. The Morgan fingerprint density at radius 3 is 2.25 bits per heavy atom. The molecule has 1 unspecified atom stereocenters. The van der Waals surface area contributed by atoms with Crippen molar-refractivity contribution < 1.29 is 4.74 Å². The Kier molecular flexibility index (Phi) is 4.81. The summed E-state index contributed by atoms with van der Waals surface area (Å²) in [5.41, 5.74) is 3.76. The lowest BCUT2D eigenvalue weighted by Gasteiger charge is -2.17. The molecule has 0 aliphatic carbocycles. The molecule has 1 aromatic carbocycles. The van der Waals surface area contributed by atoms with Crippen LogP contribution in [-0.2, 0) is 0 Å². The molecule has 1 aromatic rings. The molecule has 0 aliphatic heterocycles. The van der Waals surface area contributed by atoms with Crippen LogP contribution in [0.3, 0.4) is 0 Å². The molecule has 90 valence electrons. The van der Waals surface area contributed by atoms with Crippen LogP contribution < -0.4 is 10.1 Å². The molecular formula is C14H23NO. The summed E-state index contributed by atoms with van der Waals surface area (Å²) in [6.07, 6.45) is 1.17. The van der Waals surface area contributed by atoms with Gasteiger partial charge in [-0.15, -0.1) is 0 Å². The highest BCUT2D eigenvalue weighted by Crippen LogP contribution is 2.26. The number of benzene rings is 1. The summed E-state index contributed by atoms with van der Waals surface area (Å²) in [5, 5.41) is 3.50. The maximum Gasteiger partial charge on any atom is 0.124 e. The van der Waals surface area contributed by atoms with E-state index in [4.69, 9.17) is 4.74 Å². The van der Waals surface area contributed by atoms with Gasteiger partial charge in [-0.05, 0) is 50.4 Å². The second-order valence-corrected chi connectivity index (χ2v) is 4.36. The second-order valence-electron chi connectivity index (χ2n) is 4.36. The largest absolute Gasteiger partial charge is 0.496 e. The zero-order valence-electron chi connectivity index (χ0n) is 11.1. The molecule has 1 atom stereocenters. The van der Waals surface area contributed by atoms with Gasteiger partial charge in [0.1, 0.15) is 5.75 Å². The molecule has 0 aliphatic rings. The van der Waals surface area contributed by atoms with E-state index < -0.39 is 0 Å². The number of ether oxygens (including phenoxy) is 1. The van der Waals surface area contributed by atoms with E-state index in [1.54, 1.807) is 7.11 Å². The molecule has 16 heavy (non-hydrogen) atoms. The Labute approximate surface area is 99.0 Å². The zero-order valence-corrected chi connectivity index (χ0v) is 11.1. The van der Waals surface area contributed by atoms with Crippen LogP contribution >= 0.6 is 0 Å².